The second kappa shape index (κ2) is 5.26. The van der Waals surface area contributed by atoms with Crippen molar-refractivity contribution in [3.05, 3.63) is 0 Å². The van der Waals surface area contributed by atoms with Gasteiger partial charge < -0.3 is 14.7 Å². The van der Waals surface area contributed by atoms with Crippen molar-refractivity contribution in [1.82, 2.24) is 9.96 Å². The summed E-state index contributed by atoms with van der Waals surface area (Å²) < 4.78 is 14.8. The van der Waals surface area contributed by atoms with Crippen molar-refractivity contribution in [3.8, 4) is 0 Å². The molecule has 0 atom stereocenters. The lowest BCUT2D eigenvalue weighted by molar-refractivity contribution is -0.103. The summed E-state index contributed by atoms with van der Waals surface area (Å²) in [4.78, 5) is 19.0. The fraction of sp³-hybridized carbons (Fsp3) is 1.00. The van der Waals surface area contributed by atoms with Crippen LogP contribution in [0.25, 0.3) is 0 Å². The zero-order chi connectivity index (χ0) is 9.19. The first-order chi connectivity index (χ1) is 5.47. The van der Waals surface area contributed by atoms with E-state index in [0.717, 1.165) is 13.1 Å². The van der Waals surface area contributed by atoms with Crippen molar-refractivity contribution in [2.75, 3.05) is 33.2 Å². The van der Waals surface area contributed by atoms with Gasteiger partial charge in [0.2, 0.25) is 0 Å². The highest BCUT2D eigenvalue weighted by Crippen LogP contribution is 2.37. The van der Waals surface area contributed by atoms with Crippen LogP contribution in [-0.4, -0.2) is 53.0 Å². The van der Waals surface area contributed by atoms with Crippen LogP contribution in [-0.2, 0) is 9.19 Å². The molecule has 0 aromatic heterocycles. The van der Waals surface area contributed by atoms with Gasteiger partial charge in [0, 0.05) is 26.2 Å². The van der Waals surface area contributed by atoms with Crippen molar-refractivity contribution >= 4 is 20.2 Å². The van der Waals surface area contributed by atoms with E-state index in [2.05, 4.69) is 9.52 Å². The van der Waals surface area contributed by atoms with Gasteiger partial charge in [-0.25, -0.2) is 4.57 Å². The average Bonchev–Trinajstić information content (AvgIpc) is 1.91. The first-order valence-corrected chi connectivity index (χ1v) is 5.19. The molecule has 0 unspecified atom stereocenters. The van der Waals surface area contributed by atoms with E-state index in [1.54, 1.807) is 0 Å². The van der Waals surface area contributed by atoms with Crippen LogP contribution in [0.2, 0.25) is 0 Å². The molecule has 1 fully saturated rings. The number of hydroxylamine groups is 2. The highest BCUT2D eigenvalue weighted by atomic mass is 35.5. The minimum Gasteiger partial charge on any atom is -0.304 e. The van der Waals surface area contributed by atoms with Crippen molar-refractivity contribution in [3.63, 3.8) is 0 Å². The lowest BCUT2D eigenvalue weighted by Crippen LogP contribution is -2.43. The average molecular weight is 233 g/mol. The molecule has 0 aliphatic carbocycles. The molecule has 13 heavy (non-hydrogen) atoms. The fourth-order valence-corrected chi connectivity index (χ4v) is 1.48. The Morgan fingerprint density at radius 1 is 1.23 bits per heavy atom. The predicted molar refractivity (Wildman–Crippen MR) is 49.4 cm³/mol. The molecule has 80 valence electrons. The standard InChI is InChI=1S/C5H13N2O4P.ClH/c1-6-2-4-7(5-3-6)11-12(8,9)10;/h2-5H2,1H3,(H2,8,9,10);1H. The normalized spacial score (nSPS) is 21.2. The fourth-order valence-electron chi connectivity index (χ4n) is 1.02. The van der Waals surface area contributed by atoms with Gasteiger partial charge in [0.05, 0.1) is 0 Å². The van der Waals surface area contributed by atoms with Gasteiger partial charge in [0.15, 0.2) is 0 Å². The topological polar surface area (TPSA) is 73.2 Å². The lowest BCUT2D eigenvalue weighted by Gasteiger charge is -2.30. The third-order valence-electron chi connectivity index (χ3n) is 1.68. The molecule has 1 heterocycles. The molecule has 0 bridgehead atoms. The van der Waals surface area contributed by atoms with Crippen LogP contribution in [0.1, 0.15) is 0 Å². The molecule has 0 spiro atoms. The molecule has 0 radical (unpaired) electrons. The number of hydrogen-bond donors (Lipinski definition) is 2. The first-order valence-electron chi connectivity index (χ1n) is 3.66. The molecule has 1 aliphatic heterocycles. The van der Waals surface area contributed by atoms with Crippen LogP contribution < -0.4 is 0 Å². The van der Waals surface area contributed by atoms with Gasteiger partial charge in [-0.05, 0) is 7.05 Å². The third-order valence-corrected chi connectivity index (χ3v) is 2.13. The molecule has 1 aliphatic rings. The van der Waals surface area contributed by atoms with E-state index in [1.807, 2.05) is 7.05 Å². The smallest absolute Gasteiger partial charge is 0.304 e. The van der Waals surface area contributed by atoms with Gasteiger partial charge in [0.25, 0.3) is 0 Å². The second-order valence-electron chi connectivity index (χ2n) is 2.80. The Kier molecular flexibility index (Phi) is 5.39. The minimum absolute atomic E-state index is 0. The Bertz CT molecular complexity index is 191. The van der Waals surface area contributed by atoms with Crippen LogP contribution in [0.3, 0.4) is 0 Å². The second-order valence-corrected chi connectivity index (χ2v) is 3.95. The van der Waals surface area contributed by atoms with E-state index in [1.165, 1.54) is 5.06 Å². The number of hydrogen-bond acceptors (Lipinski definition) is 4. The van der Waals surface area contributed by atoms with Crippen molar-refractivity contribution < 1.29 is 19.0 Å². The Balaban J connectivity index is 0.00000144. The number of likely N-dealkylation sites (N-methyl/N-ethyl adjacent to an activating group) is 1. The molecule has 0 aromatic rings. The summed E-state index contributed by atoms with van der Waals surface area (Å²) in [5.74, 6) is 0. The quantitative estimate of drug-likeness (QED) is 0.636. The van der Waals surface area contributed by atoms with Gasteiger partial charge in [-0.2, -0.15) is 9.69 Å². The first kappa shape index (κ1) is 13.3. The van der Waals surface area contributed by atoms with E-state index in [0.29, 0.717) is 13.1 Å². The molecule has 8 heteroatoms. The maximum absolute atomic E-state index is 10.4. The summed E-state index contributed by atoms with van der Waals surface area (Å²) in [6.45, 7) is 2.59. The number of rotatable bonds is 2. The van der Waals surface area contributed by atoms with Crippen molar-refractivity contribution in [2.24, 2.45) is 0 Å². The Labute approximate surface area is 83.1 Å². The highest BCUT2D eigenvalue weighted by Gasteiger charge is 2.23. The molecular weight excluding hydrogens is 218 g/mol. The summed E-state index contributed by atoms with van der Waals surface area (Å²) >= 11 is 0. The number of phosphoric acid groups is 1. The maximum atomic E-state index is 10.4. The Morgan fingerprint density at radius 3 is 2.08 bits per heavy atom. The molecule has 0 saturated carbocycles. The Hall–Kier alpha value is 0.320. The van der Waals surface area contributed by atoms with Crippen LogP contribution in [0, 0.1) is 0 Å². The van der Waals surface area contributed by atoms with Crippen molar-refractivity contribution in [1.29, 1.82) is 0 Å². The molecule has 0 aromatic carbocycles. The lowest BCUT2D eigenvalue weighted by atomic mass is 10.4. The van der Waals surface area contributed by atoms with E-state index in [4.69, 9.17) is 9.79 Å². The molecule has 0 amide bonds. The highest BCUT2D eigenvalue weighted by molar-refractivity contribution is 7.46. The van der Waals surface area contributed by atoms with Crippen LogP contribution in [0.15, 0.2) is 0 Å². The SMILES string of the molecule is CN1CCN(OP(=O)(O)O)CC1.Cl. The van der Waals surface area contributed by atoms with E-state index in [9.17, 15) is 4.57 Å². The van der Waals surface area contributed by atoms with Crippen molar-refractivity contribution in [2.45, 2.75) is 0 Å². The van der Waals surface area contributed by atoms with Gasteiger partial charge in [-0.3, -0.25) is 0 Å². The summed E-state index contributed by atoms with van der Waals surface area (Å²) in [6, 6.07) is 0. The summed E-state index contributed by atoms with van der Waals surface area (Å²) in [6.07, 6.45) is 0. The molecule has 1 rings (SSSR count). The van der Waals surface area contributed by atoms with E-state index < -0.39 is 7.82 Å². The van der Waals surface area contributed by atoms with Crippen LogP contribution >= 0.6 is 20.2 Å². The zero-order valence-corrected chi connectivity index (χ0v) is 9.00. The molecule has 2 N–H and O–H groups in total. The predicted octanol–water partition coefficient (Wildman–Crippen LogP) is -0.320. The third kappa shape index (κ3) is 5.59. The van der Waals surface area contributed by atoms with Gasteiger partial charge in [-0.15, -0.1) is 12.4 Å². The minimum atomic E-state index is -4.35. The van der Waals surface area contributed by atoms with Gasteiger partial charge in [0.1, 0.15) is 0 Å². The van der Waals surface area contributed by atoms with E-state index >= 15 is 0 Å². The van der Waals surface area contributed by atoms with E-state index in [-0.39, 0.29) is 12.4 Å². The van der Waals surface area contributed by atoms with Crippen LogP contribution in [0.5, 0.6) is 0 Å². The molecule has 1 saturated heterocycles. The monoisotopic (exact) mass is 232 g/mol. The maximum Gasteiger partial charge on any atom is 0.486 e. The van der Waals surface area contributed by atoms with Crippen LogP contribution in [0.4, 0.5) is 0 Å². The molecular formula is C5H14ClN2O4P. The number of piperazine rings is 1. The number of nitrogens with zero attached hydrogens (tertiary/aromatic N) is 2. The van der Waals surface area contributed by atoms with Gasteiger partial charge >= 0.3 is 7.82 Å². The molecule has 6 nitrogen and oxygen atoms in total. The van der Waals surface area contributed by atoms with Gasteiger partial charge in [-0.1, -0.05) is 0 Å². The Morgan fingerprint density at radius 2 is 1.69 bits per heavy atom. The summed E-state index contributed by atoms with van der Waals surface area (Å²) in [5, 5.41) is 1.31. The summed E-state index contributed by atoms with van der Waals surface area (Å²) in [7, 11) is -2.39. The zero-order valence-electron chi connectivity index (χ0n) is 7.29. The number of halogens is 1. The largest absolute Gasteiger partial charge is 0.486 e. The summed E-state index contributed by atoms with van der Waals surface area (Å²) in [5.41, 5.74) is 0.